The van der Waals surface area contributed by atoms with E-state index in [-0.39, 0.29) is 18.1 Å². The minimum Gasteiger partial charge on any atom is -0.483 e. The Morgan fingerprint density at radius 1 is 1.20 bits per heavy atom. The summed E-state index contributed by atoms with van der Waals surface area (Å²) in [6.07, 6.45) is 3.82. The van der Waals surface area contributed by atoms with Gasteiger partial charge in [0.05, 0.1) is 0 Å². The first kappa shape index (κ1) is 20.9. The highest BCUT2D eigenvalue weighted by molar-refractivity contribution is 5.86. The van der Waals surface area contributed by atoms with Gasteiger partial charge in [0.15, 0.2) is 6.61 Å². The third-order valence-corrected chi connectivity index (χ3v) is 6.46. The molecule has 1 unspecified atom stereocenters. The van der Waals surface area contributed by atoms with Gasteiger partial charge in [0.25, 0.3) is 5.91 Å². The van der Waals surface area contributed by atoms with Gasteiger partial charge in [-0.05, 0) is 64.4 Å². The zero-order chi connectivity index (χ0) is 21.3. The smallest absolute Gasteiger partial charge is 0.339 e. The van der Waals surface area contributed by atoms with Gasteiger partial charge in [-0.1, -0.05) is 0 Å². The summed E-state index contributed by atoms with van der Waals surface area (Å²) in [6.45, 7) is 5.39. The molecule has 2 aliphatic rings. The fourth-order valence-corrected chi connectivity index (χ4v) is 4.53. The molecule has 0 spiro atoms. The SMILES string of the molecule is Cc1c(OCC(=O)NCC2CN(C)CCN2C)ccc2c3c(c(=O)oc12)CCCC3. The Morgan fingerprint density at radius 3 is 2.77 bits per heavy atom. The van der Waals surface area contributed by atoms with E-state index < -0.39 is 0 Å². The fourth-order valence-electron chi connectivity index (χ4n) is 4.53. The first-order valence-corrected chi connectivity index (χ1v) is 10.8. The van der Waals surface area contributed by atoms with Crippen LogP contribution in [0.25, 0.3) is 11.0 Å². The molecular formula is C23H31N3O4. The van der Waals surface area contributed by atoms with Crippen molar-refractivity contribution < 1.29 is 13.9 Å². The van der Waals surface area contributed by atoms with Crippen molar-refractivity contribution in [2.45, 2.75) is 38.6 Å². The molecule has 162 valence electrons. The van der Waals surface area contributed by atoms with Crippen LogP contribution in [0.5, 0.6) is 5.75 Å². The van der Waals surface area contributed by atoms with E-state index in [0.29, 0.717) is 23.9 Å². The summed E-state index contributed by atoms with van der Waals surface area (Å²) >= 11 is 0. The molecule has 1 amide bonds. The molecule has 7 nitrogen and oxygen atoms in total. The highest BCUT2D eigenvalue weighted by atomic mass is 16.5. The van der Waals surface area contributed by atoms with Crippen LogP contribution in [0.1, 0.15) is 29.5 Å². The number of amides is 1. The standard InChI is InChI=1S/C23H31N3O4/c1-15-20(29-14-21(27)24-12-16-13-25(2)10-11-26(16)3)9-8-18-17-6-4-5-7-19(17)23(28)30-22(15)18/h8-9,16H,4-7,10-14H2,1-3H3,(H,24,27). The molecule has 1 N–H and O–H groups in total. The van der Waals surface area contributed by atoms with Crippen LogP contribution in [0.3, 0.4) is 0 Å². The number of carbonyl (C=O) groups is 1. The van der Waals surface area contributed by atoms with Crippen LogP contribution in [0, 0.1) is 6.92 Å². The minimum absolute atomic E-state index is 0.0617. The van der Waals surface area contributed by atoms with Crippen LogP contribution in [-0.2, 0) is 17.6 Å². The lowest BCUT2D eigenvalue weighted by Gasteiger charge is -2.37. The van der Waals surface area contributed by atoms with E-state index in [9.17, 15) is 9.59 Å². The third-order valence-electron chi connectivity index (χ3n) is 6.46. The number of aryl methyl sites for hydroxylation is 2. The van der Waals surface area contributed by atoms with Gasteiger partial charge in [-0.15, -0.1) is 0 Å². The van der Waals surface area contributed by atoms with Gasteiger partial charge in [-0.25, -0.2) is 4.79 Å². The van der Waals surface area contributed by atoms with Gasteiger partial charge in [0.2, 0.25) is 0 Å². The number of fused-ring (bicyclic) bond motifs is 3. The van der Waals surface area contributed by atoms with Gasteiger partial charge in [-0.3, -0.25) is 9.69 Å². The molecule has 1 aliphatic heterocycles. The summed E-state index contributed by atoms with van der Waals surface area (Å²) in [6, 6.07) is 4.13. The van der Waals surface area contributed by atoms with Crippen molar-refractivity contribution in [2.24, 2.45) is 0 Å². The van der Waals surface area contributed by atoms with Crippen LogP contribution in [0.4, 0.5) is 0 Å². The summed E-state index contributed by atoms with van der Waals surface area (Å²) < 4.78 is 11.4. The van der Waals surface area contributed by atoms with Gasteiger partial charge in [0.1, 0.15) is 11.3 Å². The van der Waals surface area contributed by atoms with Gasteiger partial charge in [0, 0.05) is 48.7 Å². The molecule has 4 rings (SSSR count). The molecule has 1 atom stereocenters. The Balaban J connectivity index is 1.42. The normalized spacial score (nSPS) is 20.2. The summed E-state index contributed by atoms with van der Waals surface area (Å²) in [5.41, 5.74) is 3.03. The lowest BCUT2D eigenvalue weighted by Crippen LogP contribution is -2.54. The number of likely N-dealkylation sites (N-methyl/N-ethyl adjacent to an activating group) is 2. The zero-order valence-corrected chi connectivity index (χ0v) is 18.1. The van der Waals surface area contributed by atoms with Crippen LogP contribution in [0.2, 0.25) is 0 Å². The molecule has 1 saturated heterocycles. The second-order valence-corrected chi connectivity index (χ2v) is 8.61. The highest BCUT2D eigenvalue weighted by Gasteiger charge is 2.23. The third kappa shape index (κ3) is 4.23. The van der Waals surface area contributed by atoms with Crippen LogP contribution in [0.15, 0.2) is 21.3 Å². The maximum atomic E-state index is 12.4. The predicted octanol–water partition coefficient (Wildman–Crippen LogP) is 1.72. The number of nitrogens with zero attached hydrogens (tertiary/aromatic N) is 2. The lowest BCUT2D eigenvalue weighted by atomic mass is 9.90. The quantitative estimate of drug-likeness (QED) is 0.753. The summed E-state index contributed by atoms with van der Waals surface area (Å²) in [5, 5.41) is 3.96. The molecule has 30 heavy (non-hydrogen) atoms. The Hall–Kier alpha value is -2.38. The second-order valence-electron chi connectivity index (χ2n) is 8.61. The molecule has 1 aromatic carbocycles. The number of nitrogens with one attached hydrogen (secondary N) is 1. The number of carbonyl (C=O) groups excluding carboxylic acids is 1. The molecule has 7 heteroatoms. The highest BCUT2D eigenvalue weighted by Crippen LogP contribution is 2.32. The Kier molecular flexibility index (Phi) is 6.11. The first-order valence-electron chi connectivity index (χ1n) is 10.8. The van der Waals surface area contributed by atoms with Crippen molar-refractivity contribution in [1.29, 1.82) is 0 Å². The maximum Gasteiger partial charge on any atom is 0.339 e. The number of rotatable bonds is 5. The van der Waals surface area contributed by atoms with E-state index >= 15 is 0 Å². The molecule has 0 radical (unpaired) electrons. The van der Waals surface area contributed by atoms with Gasteiger partial charge < -0.3 is 19.4 Å². The minimum atomic E-state index is -0.239. The van der Waals surface area contributed by atoms with Crippen LogP contribution >= 0.6 is 0 Å². The maximum absolute atomic E-state index is 12.4. The van der Waals surface area contributed by atoms with Crippen LogP contribution in [-0.4, -0.2) is 68.6 Å². The van der Waals surface area contributed by atoms with Gasteiger partial charge >= 0.3 is 5.63 Å². The van der Waals surface area contributed by atoms with E-state index in [4.69, 9.17) is 9.15 Å². The van der Waals surface area contributed by atoms with Crippen molar-refractivity contribution in [3.8, 4) is 5.75 Å². The Bertz CT molecular complexity index is 1000. The largest absolute Gasteiger partial charge is 0.483 e. The summed E-state index contributed by atoms with van der Waals surface area (Å²) in [7, 11) is 4.19. The number of piperazine rings is 1. The number of hydrogen-bond acceptors (Lipinski definition) is 6. The number of benzene rings is 1. The van der Waals surface area contributed by atoms with Crippen molar-refractivity contribution in [3.05, 3.63) is 39.2 Å². The summed E-state index contributed by atoms with van der Waals surface area (Å²) in [5.74, 6) is 0.425. The van der Waals surface area contributed by atoms with Crippen molar-refractivity contribution in [2.75, 3.05) is 46.9 Å². The van der Waals surface area contributed by atoms with E-state index in [0.717, 1.165) is 67.4 Å². The topological polar surface area (TPSA) is 75.0 Å². The Morgan fingerprint density at radius 2 is 1.97 bits per heavy atom. The number of ether oxygens (including phenoxy) is 1. The average molecular weight is 414 g/mol. The molecule has 2 heterocycles. The van der Waals surface area contributed by atoms with E-state index in [1.807, 2.05) is 19.1 Å². The van der Waals surface area contributed by atoms with E-state index in [1.54, 1.807) is 0 Å². The van der Waals surface area contributed by atoms with Gasteiger partial charge in [-0.2, -0.15) is 0 Å². The van der Waals surface area contributed by atoms with E-state index in [1.165, 1.54) is 0 Å². The Labute approximate surface area is 177 Å². The lowest BCUT2D eigenvalue weighted by molar-refractivity contribution is -0.123. The monoisotopic (exact) mass is 413 g/mol. The molecule has 1 aliphatic carbocycles. The second kappa shape index (κ2) is 8.78. The predicted molar refractivity (Wildman–Crippen MR) is 116 cm³/mol. The first-order chi connectivity index (χ1) is 14.4. The zero-order valence-electron chi connectivity index (χ0n) is 18.1. The molecule has 1 aromatic heterocycles. The van der Waals surface area contributed by atoms with Crippen molar-refractivity contribution in [1.82, 2.24) is 15.1 Å². The van der Waals surface area contributed by atoms with E-state index in [2.05, 4.69) is 29.2 Å². The summed E-state index contributed by atoms with van der Waals surface area (Å²) in [4.78, 5) is 29.3. The fraction of sp³-hybridized carbons (Fsp3) is 0.565. The molecular weight excluding hydrogens is 382 g/mol. The van der Waals surface area contributed by atoms with Crippen LogP contribution < -0.4 is 15.7 Å². The molecule has 2 aromatic rings. The van der Waals surface area contributed by atoms with Crippen molar-refractivity contribution in [3.63, 3.8) is 0 Å². The molecule has 0 bridgehead atoms. The number of hydrogen-bond donors (Lipinski definition) is 1. The molecule has 0 saturated carbocycles. The molecule has 1 fully saturated rings. The average Bonchev–Trinajstić information content (AvgIpc) is 2.74. The van der Waals surface area contributed by atoms with Crippen molar-refractivity contribution >= 4 is 16.9 Å².